The van der Waals surface area contributed by atoms with Gasteiger partial charge in [0.25, 0.3) is 0 Å². The fourth-order valence-electron chi connectivity index (χ4n) is 2.57. The summed E-state index contributed by atoms with van der Waals surface area (Å²) in [6.07, 6.45) is 5.51. The zero-order valence-corrected chi connectivity index (χ0v) is 13.3. The molecule has 0 saturated carbocycles. The van der Waals surface area contributed by atoms with Crippen LogP contribution < -0.4 is 0 Å². The second-order valence-electron chi connectivity index (χ2n) is 5.73. The van der Waals surface area contributed by atoms with Gasteiger partial charge in [0, 0.05) is 51.8 Å². The van der Waals surface area contributed by atoms with Crippen molar-refractivity contribution >= 4 is 22.5 Å². The van der Waals surface area contributed by atoms with Crippen LogP contribution in [-0.2, 0) is 0 Å². The molecule has 0 aliphatic carbocycles. The Labute approximate surface area is 120 Å². The Morgan fingerprint density at radius 3 is 2.32 bits per heavy atom. The zero-order valence-electron chi connectivity index (χ0n) is 12.5. The Morgan fingerprint density at radius 2 is 1.79 bits per heavy atom. The van der Waals surface area contributed by atoms with E-state index in [4.69, 9.17) is 0 Å². The van der Waals surface area contributed by atoms with Crippen molar-refractivity contribution in [1.82, 2.24) is 4.90 Å². The molecule has 1 aliphatic rings. The maximum Gasteiger partial charge on any atom is 0.242 e. The first-order chi connectivity index (χ1) is 8.95. The number of benzene rings is 1. The minimum atomic E-state index is 0.0913. The topological polar surface area (TPSA) is 6.25 Å². The molecule has 0 radical (unpaired) electrons. The highest BCUT2D eigenvalue weighted by molar-refractivity contribution is 8.13. The molecule has 0 spiro atoms. The molecule has 0 fully saturated rings. The summed E-state index contributed by atoms with van der Waals surface area (Å²) < 4.78 is 2.45. The lowest BCUT2D eigenvalue weighted by molar-refractivity contribution is -0.523. The van der Waals surface area contributed by atoms with E-state index in [0.717, 1.165) is 6.42 Å². The van der Waals surface area contributed by atoms with Gasteiger partial charge >= 0.3 is 0 Å². The first-order valence-electron chi connectivity index (χ1n) is 6.60. The van der Waals surface area contributed by atoms with E-state index in [1.54, 1.807) is 0 Å². The van der Waals surface area contributed by atoms with E-state index in [2.05, 4.69) is 80.1 Å². The normalized spacial score (nSPS) is 18.3. The third-order valence-corrected chi connectivity index (χ3v) is 4.25. The fourth-order valence-corrected chi connectivity index (χ4v) is 3.36. The molecule has 3 heteroatoms. The average molecular weight is 275 g/mol. The van der Waals surface area contributed by atoms with E-state index in [9.17, 15) is 0 Å². The van der Waals surface area contributed by atoms with E-state index >= 15 is 0 Å². The summed E-state index contributed by atoms with van der Waals surface area (Å²) in [5.41, 5.74) is 2.75. The van der Waals surface area contributed by atoms with Crippen LogP contribution in [-0.4, -0.2) is 40.4 Å². The van der Waals surface area contributed by atoms with Gasteiger partial charge in [0.15, 0.2) is 5.54 Å². The summed E-state index contributed by atoms with van der Waals surface area (Å²) in [5.74, 6) is 0. The molecular weight excluding hydrogens is 252 g/mol. The van der Waals surface area contributed by atoms with Crippen LogP contribution in [0.25, 0.3) is 0 Å². The molecule has 1 aliphatic heterocycles. The first kappa shape index (κ1) is 14.2. The van der Waals surface area contributed by atoms with Crippen LogP contribution in [0.3, 0.4) is 0 Å². The van der Waals surface area contributed by atoms with Crippen molar-refractivity contribution in [3.05, 3.63) is 42.1 Å². The van der Waals surface area contributed by atoms with E-state index < -0.39 is 0 Å². The Morgan fingerprint density at radius 1 is 1.16 bits per heavy atom. The largest absolute Gasteiger partial charge is 0.381 e. The monoisotopic (exact) mass is 275 g/mol. The van der Waals surface area contributed by atoms with Crippen LogP contribution in [0.5, 0.6) is 0 Å². The maximum absolute atomic E-state index is 2.45. The number of hydrogen-bond acceptors (Lipinski definition) is 2. The third-order valence-electron chi connectivity index (χ3n) is 3.53. The summed E-state index contributed by atoms with van der Waals surface area (Å²) in [5, 5.41) is 1.31. The van der Waals surface area contributed by atoms with E-state index in [-0.39, 0.29) is 5.54 Å². The second kappa shape index (κ2) is 5.41. The molecule has 0 unspecified atom stereocenters. The first-order valence-corrected chi connectivity index (χ1v) is 7.82. The summed E-state index contributed by atoms with van der Waals surface area (Å²) in [6.45, 7) is 4.62. The molecular formula is C16H23N2S+. The molecule has 0 atom stereocenters. The Balaban J connectivity index is 2.58. The minimum absolute atomic E-state index is 0.0913. The second-order valence-corrected chi connectivity index (χ2v) is 6.56. The van der Waals surface area contributed by atoms with Crippen LogP contribution in [0.2, 0.25) is 0 Å². The molecule has 0 N–H and O–H groups in total. The maximum atomic E-state index is 2.45. The van der Waals surface area contributed by atoms with Crippen LogP contribution >= 0.6 is 11.8 Å². The molecule has 1 aromatic carbocycles. The van der Waals surface area contributed by atoms with Gasteiger partial charge in [0.05, 0.1) is 6.42 Å². The number of thioether (sulfide) groups is 1. The van der Waals surface area contributed by atoms with Gasteiger partial charge < -0.3 is 4.90 Å². The summed E-state index contributed by atoms with van der Waals surface area (Å²) >= 11 is 1.81. The molecule has 2 nitrogen and oxygen atoms in total. The molecule has 2 rings (SSSR count). The Kier molecular flexibility index (Phi) is 4.04. The SMILES string of the molecule is CSC1=[N+](c2ccccc2)C(C)(C)CC(N(C)C)=C1. The number of rotatable bonds is 2. The van der Waals surface area contributed by atoms with E-state index in [1.165, 1.54) is 16.4 Å². The van der Waals surface area contributed by atoms with Gasteiger partial charge in [-0.3, -0.25) is 0 Å². The summed E-state index contributed by atoms with van der Waals surface area (Å²) in [4.78, 5) is 2.22. The van der Waals surface area contributed by atoms with Crippen molar-refractivity contribution in [2.45, 2.75) is 25.8 Å². The highest BCUT2D eigenvalue weighted by atomic mass is 32.2. The number of para-hydroxylation sites is 1. The molecule has 0 aromatic heterocycles. The van der Waals surface area contributed by atoms with Gasteiger partial charge in [0.2, 0.25) is 10.7 Å². The van der Waals surface area contributed by atoms with Crippen LogP contribution in [0, 0.1) is 0 Å². The van der Waals surface area contributed by atoms with Gasteiger partial charge in [-0.15, -0.1) is 0 Å². The van der Waals surface area contributed by atoms with Crippen molar-refractivity contribution in [2.75, 3.05) is 20.4 Å². The van der Waals surface area contributed by atoms with Crippen molar-refractivity contribution < 1.29 is 4.58 Å². The lowest BCUT2D eigenvalue weighted by Crippen LogP contribution is -2.41. The van der Waals surface area contributed by atoms with Crippen molar-refractivity contribution in [2.24, 2.45) is 0 Å². The van der Waals surface area contributed by atoms with Crippen molar-refractivity contribution in [1.29, 1.82) is 0 Å². The van der Waals surface area contributed by atoms with Gasteiger partial charge in [-0.2, -0.15) is 4.58 Å². The van der Waals surface area contributed by atoms with Crippen molar-refractivity contribution in [3.8, 4) is 0 Å². The highest BCUT2D eigenvalue weighted by Gasteiger charge is 2.39. The average Bonchev–Trinajstić information content (AvgIpc) is 2.37. The van der Waals surface area contributed by atoms with E-state index in [0.29, 0.717) is 0 Å². The molecule has 1 heterocycles. The smallest absolute Gasteiger partial charge is 0.242 e. The van der Waals surface area contributed by atoms with Crippen molar-refractivity contribution in [3.63, 3.8) is 0 Å². The zero-order chi connectivity index (χ0) is 14.0. The highest BCUT2D eigenvalue weighted by Crippen LogP contribution is 2.33. The molecule has 1 aromatic rings. The van der Waals surface area contributed by atoms with Gasteiger partial charge in [0.1, 0.15) is 0 Å². The lowest BCUT2D eigenvalue weighted by atomic mass is 9.93. The quantitative estimate of drug-likeness (QED) is 0.759. The van der Waals surface area contributed by atoms with Gasteiger partial charge in [-0.1, -0.05) is 30.0 Å². The Hall–Kier alpha value is -1.22. The minimum Gasteiger partial charge on any atom is -0.381 e. The summed E-state index contributed by atoms with van der Waals surface area (Å²) in [7, 11) is 4.25. The predicted molar refractivity (Wildman–Crippen MR) is 85.4 cm³/mol. The molecule has 0 saturated heterocycles. The molecule has 0 bridgehead atoms. The molecule has 19 heavy (non-hydrogen) atoms. The summed E-state index contributed by atoms with van der Waals surface area (Å²) in [6, 6.07) is 10.7. The van der Waals surface area contributed by atoms with Gasteiger partial charge in [-0.25, -0.2) is 0 Å². The van der Waals surface area contributed by atoms with Crippen LogP contribution in [0.1, 0.15) is 20.3 Å². The predicted octanol–water partition coefficient (Wildman–Crippen LogP) is 3.72. The lowest BCUT2D eigenvalue weighted by Gasteiger charge is -2.31. The standard InChI is InChI=1S/C16H23N2S/c1-16(2)12-14(17(3)4)11-15(19-5)18(16)13-9-7-6-8-10-13/h6-11H,12H2,1-5H3/q+1. The number of hydrogen-bond donors (Lipinski definition) is 0. The van der Waals surface area contributed by atoms with E-state index in [1.807, 2.05) is 11.8 Å². The van der Waals surface area contributed by atoms with Crippen LogP contribution in [0.4, 0.5) is 5.69 Å². The molecule has 102 valence electrons. The fraction of sp³-hybridized carbons (Fsp3) is 0.438. The Bertz CT molecular complexity index is 513. The van der Waals surface area contributed by atoms with Crippen LogP contribution in [0.15, 0.2) is 42.1 Å². The third kappa shape index (κ3) is 2.86. The van der Waals surface area contributed by atoms with Gasteiger partial charge in [-0.05, 0) is 6.26 Å². The number of nitrogens with zero attached hydrogens (tertiary/aromatic N) is 2. The molecule has 0 amide bonds.